The molecule has 2 atom stereocenters. The summed E-state index contributed by atoms with van der Waals surface area (Å²) in [5.41, 5.74) is 1.02. The molecule has 1 aromatic rings. The first-order valence-electron chi connectivity index (χ1n) is 8.36. The average molecular weight is 352 g/mol. The molecule has 0 unspecified atom stereocenters. The van der Waals surface area contributed by atoms with Crippen LogP contribution in [0.25, 0.3) is 0 Å². The lowest BCUT2D eigenvalue weighted by Crippen LogP contribution is -2.61. The summed E-state index contributed by atoms with van der Waals surface area (Å²) in [5, 5.41) is 0. The molecule has 2 fully saturated rings. The second-order valence-electron chi connectivity index (χ2n) is 6.41. The van der Waals surface area contributed by atoms with Gasteiger partial charge in [0.05, 0.1) is 24.2 Å². The minimum absolute atomic E-state index is 0.00964. The van der Waals surface area contributed by atoms with Crippen LogP contribution in [0.1, 0.15) is 12.5 Å². The molecule has 2 aliphatic heterocycles. The van der Waals surface area contributed by atoms with Crippen molar-refractivity contribution in [2.75, 3.05) is 37.7 Å². The van der Waals surface area contributed by atoms with Crippen LogP contribution in [0.5, 0.6) is 0 Å². The van der Waals surface area contributed by atoms with Gasteiger partial charge in [0.25, 0.3) is 0 Å². The van der Waals surface area contributed by atoms with Crippen molar-refractivity contribution in [1.82, 2.24) is 9.80 Å². The molecule has 0 aliphatic carbocycles. The number of piperazine rings is 1. The van der Waals surface area contributed by atoms with Gasteiger partial charge in [0.1, 0.15) is 6.61 Å². The lowest BCUT2D eigenvalue weighted by molar-refractivity contribution is -0.142. The molecule has 132 valence electrons. The van der Waals surface area contributed by atoms with Gasteiger partial charge in [-0.1, -0.05) is 37.3 Å². The summed E-state index contributed by atoms with van der Waals surface area (Å²) in [7, 11) is -3.08. The molecule has 2 saturated heterocycles. The van der Waals surface area contributed by atoms with E-state index in [4.69, 9.17) is 4.74 Å². The molecule has 3 rings (SSSR count). The van der Waals surface area contributed by atoms with Crippen molar-refractivity contribution < 1.29 is 17.9 Å². The maximum Gasteiger partial charge on any atom is 0.248 e. The number of rotatable bonds is 5. The van der Waals surface area contributed by atoms with Crippen LogP contribution in [-0.2, 0) is 26.0 Å². The van der Waals surface area contributed by atoms with Crippen LogP contribution in [-0.4, -0.2) is 74.0 Å². The van der Waals surface area contributed by atoms with E-state index in [1.807, 2.05) is 37.3 Å². The van der Waals surface area contributed by atoms with E-state index < -0.39 is 9.84 Å². The van der Waals surface area contributed by atoms with Crippen LogP contribution in [0.3, 0.4) is 0 Å². The zero-order valence-corrected chi connectivity index (χ0v) is 14.7. The molecule has 0 N–H and O–H groups in total. The average Bonchev–Trinajstić information content (AvgIpc) is 2.89. The number of hydrogen-bond donors (Lipinski definition) is 0. The maximum absolute atomic E-state index is 12.5. The first-order valence-corrected chi connectivity index (χ1v) is 10.2. The molecule has 0 aromatic heterocycles. The number of amides is 1. The van der Waals surface area contributed by atoms with Crippen LogP contribution in [0, 0.1) is 0 Å². The zero-order valence-electron chi connectivity index (χ0n) is 13.9. The number of nitrogens with zero attached hydrogens (tertiary/aromatic N) is 2. The summed E-state index contributed by atoms with van der Waals surface area (Å²) in [5.74, 6) is 0.104. The van der Waals surface area contributed by atoms with Gasteiger partial charge in [0.2, 0.25) is 5.91 Å². The van der Waals surface area contributed by atoms with Crippen LogP contribution in [0.2, 0.25) is 0 Å². The van der Waals surface area contributed by atoms with Crippen molar-refractivity contribution in [2.45, 2.75) is 25.6 Å². The SMILES string of the molecule is CCN1CCN(C(=O)COCc2ccccc2)[C@H]2CS(=O)(=O)C[C@H]21. The van der Waals surface area contributed by atoms with E-state index in [0.717, 1.165) is 18.7 Å². The minimum Gasteiger partial charge on any atom is -0.367 e. The largest absolute Gasteiger partial charge is 0.367 e. The van der Waals surface area contributed by atoms with E-state index in [9.17, 15) is 13.2 Å². The monoisotopic (exact) mass is 352 g/mol. The van der Waals surface area contributed by atoms with E-state index in [2.05, 4.69) is 4.90 Å². The third kappa shape index (κ3) is 3.79. The van der Waals surface area contributed by atoms with Gasteiger partial charge < -0.3 is 9.64 Å². The summed E-state index contributed by atoms with van der Waals surface area (Å²) in [6.07, 6.45) is 0. The van der Waals surface area contributed by atoms with Crippen molar-refractivity contribution in [2.24, 2.45) is 0 Å². The fourth-order valence-electron chi connectivity index (χ4n) is 3.64. The number of ether oxygens (including phenoxy) is 1. The van der Waals surface area contributed by atoms with Crippen LogP contribution < -0.4 is 0 Å². The van der Waals surface area contributed by atoms with Crippen LogP contribution >= 0.6 is 0 Å². The Morgan fingerprint density at radius 3 is 2.58 bits per heavy atom. The lowest BCUT2D eigenvalue weighted by atomic mass is 10.0. The smallest absolute Gasteiger partial charge is 0.248 e. The van der Waals surface area contributed by atoms with E-state index in [-0.39, 0.29) is 36.1 Å². The highest BCUT2D eigenvalue weighted by Crippen LogP contribution is 2.26. The van der Waals surface area contributed by atoms with E-state index in [0.29, 0.717) is 13.2 Å². The van der Waals surface area contributed by atoms with Gasteiger partial charge >= 0.3 is 0 Å². The minimum atomic E-state index is -3.08. The van der Waals surface area contributed by atoms with Gasteiger partial charge in [-0.3, -0.25) is 9.69 Å². The predicted octanol–water partition coefficient (Wildman–Crippen LogP) is 0.533. The molecule has 0 spiro atoms. The normalized spacial score (nSPS) is 26.3. The molecule has 6 nitrogen and oxygen atoms in total. The Morgan fingerprint density at radius 1 is 1.17 bits per heavy atom. The van der Waals surface area contributed by atoms with Crippen LogP contribution in [0.4, 0.5) is 0 Å². The predicted molar refractivity (Wildman–Crippen MR) is 91.3 cm³/mol. The second-order valence-corrected chi connectivity index (χ2v) is 8.56. The number of carbonyl (C=O) groups is 1. The first-order chi connectivity index (χ1) is 11.5. The molecule has 24 heavy (non-hydrogen) atoms. The molecule has 1 amide bonds. The summed E-state index contributed by atoms with van der Waals surface area (Å²) < 4.78 is 29.6. The van der Waals surface area contributed by atoms with Gasteiger partial charge in [-0.2, -0.15) is 0 Å². The summed E-state index contributed by atoms with van der Waals surface area (Å²) in [4.78, 5) is 16.4. The molecule has 0 bridgehead atoms. The highest BCUT2D eigenvalue weighted by molar-refractivity contribution is 7.91. The fourth-order valence-corrected chi connectivity index (χ4v) is 5.65. The molecule has 2 heterocycles. The summed E-state index contributed by atoms with van der Waals surface area (Å²) >= 11 is 0. The van der Waals surface area contributed by atoms with Crippen molar-refractivity contribution in [3.05, 3.63) is 35.9 Å². The van der Waals surface area contributed by atoms with Crippen molar-refractivity contribution in [1.29, 1.82) is 0 Å². The van der Waals surface area contributed by atoms with Crippen molar-refractivity contribution in [3.8, 4) is 0 Å². The van der Waals surface area contributed by atoms with Crippen molar-refractivity contribution in [3.63, 3.8) is 0 Å². The number of fused-ring (bicyclic) bond motifs is 1. The third-order valence-corrected chi connectivity index (χ3v) is 6.55. The molecule has 0 saturated carbocycles. The maximum atomic E-state index is 12.5. The highest BCUT2D eigenvalue weighted by Gasteiger charge is 2.47. The molecule has 7 heteroatoms. The zero-order chi connectivity index (χ0) is 17.2. The van der Waals surface area contributed by atoms with E-state index >= 15 is 0 Å². The topological polar surface area (TPSA) is 66.9 Å². The number of hydrogen-bond acceptors (Lipinski definition) is 5. The Hall–Kier alpha value is -1.44. The van der Waals surface area contributed by atoms with Crippen LogP contribution in [0.15, 0.2) is 30.3 Å². The highest BCUT2D eigenvalue weighted by atomic mass is 32.2. The Labute approximate surface area is 143 Å². The van der Waals surface area contributed by atoms with E-state index in [1.165, 1.54) is 0 Å². The molecule has 2 aliphatic rings. The Kier molecular flexibility index (Phi) is 5.22. The Balaban J connectivity index is 1.60. The fraction of sp³-hybridized carbons (Fsp3) is 0.588. The molecule has 0 radical (unpaired) electrons. The number of sulfone groups is 1. The molecule has 1 aromatic carbocycles. The molecular formula is C17H24N2O4S. The van der Waals surface area contributed by atoms with Gasteiger partial charge in [0.15, 0.2) is 9.84 Å². The number of likely N-dealkylation sites (N-methyl/N-ethyl adjacent to an activating group) is 1. The lowest BCUT2D eigenvalue weighted by Gasteiger charge is -2.43. The van der Waals surface area contributed by atoms with Gasteiger partial charge in [-0.25, -0.2) is 8.42 Å². The van der Waals surface area contributed by atoms with E-state index in [1.54, 1.807) is 4.90 Å². The standard InChI is InChI=1S/C17H24N2O4S/c1-2-18-8-9-19(16-13-24(21,22)12-15(16)18)17(20)11-23-10-14-6-4-3-5-7-14/h3-7,15-16H,2,8-13H2,1H3/t15-,16+/m1/s1. The summed E-state index contributed by atoms with van der Waals surface area (Å²) in [6.45, 7) is 4.50. The second kappa shape index (κ2) is 7.21. The Morgan fingerprint density at radius 2 is 1.88 bits per heavy atom. The Bertz CT molecular complexity index is 677. The van der Waals surface area contributed by atoms with Gasteiger partial charge in [-0.05, 0) is 12.1 Å². The number of carbonyl (C=O) groups excluding carboxylic acids is 1. The summed E-state index contributed by atoms with van der Waals surface area (Å²) in [6, 6.07) is 9.37. The quantitative estimate of drug-likeness (QED) is 0.773. The van der Waals surface area contributed by atoms with Gasteiger partial charge in [0, 0.05) is 19.1 Å². The third-order valence-electron chi connectivity index (χ3n) is 4.85. The van der Waals surface area contributed by atoms with Gasteiger partial charge in [-0.15, -0.1) is 0 Å². The first kappa shape index (κ1) is 17.4. The van der Waals surface area contributed by atoms with Crippen molar-refractivity contribution >= 4 is 15.7 Å². The molecular weight excluding hydrogens is 328 g/mol. The number of benzene rings is 1.